The van der Waals surface area contributed by atoms with Crippen LogP contribution in [0.2, 0.25) is 0 Å². The van der Waals surface area contributed by atoms with E-state index in [-0.39, 0.29) is 11.9 Å². The molecule has 1 aliphatic heterocycles. The van der Waals surface area contributed by atoms with Crippen molar-refractivity contribution >= 4 is 0 Å². The van der Waals surface area contributed by atoms with Crippen LogP contribution in [0.3, 0.4) is 0 Å². The molecule has 2 rings (SSSR count). The quantitative estimate of drug-likeness (QED) is 0.810. The maximum absolute atomic E-state index is 13.9. The number of rotatable bonds is 6. The zero-order valence-corrected chi connectivity index (χ0v) is 12.1. The molecule has 0 bridgehead atoms. The molecule has 1 saturated heterocycles. The van der Waals surface area contributed by atoms with Crippen LogP contribution in [0.4, 0.5) is 4.39 Å². The van der Waals surface area contributed by atoms with Crippen LogP contribution in [-0.2, 0) is 0 Å². The summed E-state index contributed by atoms with van der Waals surface area (Å²) >= 11 is 0. The standard InChI is InChI=1S/C16H23FN2O/c1-3-4-8-15(19-11-9-18-10-12-19)13-6-5-7-14(17)16(13)20-2/h3,5-7,15,18H,1,4,8-12H2,2H3/t15-/m0/s1. The van der Waals surface area contributed by atoms with E-state index in [0.29, 0.717) is 5.75 Å². The fourth-order valence-electron chi connectivity index (χ4n) is 2.81. The lowest BCUT2D eigenvalue weighted by Gasteiger charge is -2.35. The van der Waals surface area contributed by atoms with Gasteiger partial charge in [0, 0.05) is 37.8 Å². The largest absolute Gasteiger partial charge is 0.493 e. The first-order valence-electron chi connectivity index (χ1n) is 7.16. The second-order valence-electron chi connectivity index (χ2n) is 5.03. The van der Waals surface area contributed by atoms with Gasteiger partial charge < -0.3 is 10.1 Å². The van der Waals surface area contributed by atoms with Gasteiger partial charge in [-0.15, -0.1) is 6.58 Å². The third-order valence-corrected chi connectivity index (χ3v) is 3.80. The summed E-state index contributed by atoms with van der Waals surface area (Å²) in [5.74, 6) is 0.0869. The number of methoxy groups -OCH3 is 1. The predicted octanol–water partition coefficient (Wildman–Crippen LogP) is 2.75. The van der Waals surface area contributed by atoms with Gasteiger partial charge >= 0.3 is 0 Å². The van der Waals surface area contributed by atoms with Gasteiger partial charge in [0.1, 0.15) is 0 Å². The SMILES string of the molecule is C=CCC[C@@H](c1cccc(F)c1OC)N1CCNCC1. The van der Waals surface area contributed by atoms with Gasteiger partial charge in [-0.3, -0.25) is 4.90 Å². The Bertz CT molecular complexity index is 444. The van der Waals surface area contributed by atoms with Crippen LogP contribution < -0.4 is 10.1 Å². The fraction of sp³-hybridized carbons (Fsp3) is 0.500. The number of benzene rings is 1. The van der Waals surface area contributed by atoms with Crippen molar-refractivity contribution in [1.82, 2.24) is 10.2 Å². The van der Waals surface area contributed by atoms with Crippen molar-refractivity contribution in [2.75, 3.05) is 33.3 Å². The van der Waals surface area contributed by atoms with E-state index >= 15 is 0 Å². The molecule has 1 fully saturated rings. The van der Waals surface area contributed by atoms with Crippen LogP contribution in [0.1, 0.15) is 24.4 Å². The Kier molecular flexibility index (Phi) is 5.56. The number of nitrogens with one attached hydrogen (secondary N) is 1. The van der Waals surface area contributed by atoms with E-state index in [0.717, 1.165) is 44.6 Å². The zero-order valence-electron chi connectivity index (χ0n) is 12.1. The average molecular weight is 278 g/mol. The summed E-state index contributed by atoms with van der Waals surface area (Å²) in [5, 5.41) is 3.35. The number of ether oxygens (including phenoxy) is 1. The van der Waals surface area contributed by atoms with Crippen molar-refractivity contribution < 1.29 is 9.13 Å². The molecule has 1 N–H and O–H groups in total. The summed E-state index contributed by atoms with van der Waals surface area (Å²) in [6, 6.07) is 5.36. The summed E-state index contributed by atoms with van der Waals surface area (Å²) in [6.07, 6.45) is 3.76. The molecule has 3 nitrogen and oxygen atoms in total. The van der Waals surface area contributed by atoms with Gasteiger partial charge in [0.25, 0.3) is 0 Å². The van der Waals surface area contributed by atoms with Crippen LogP contribution in [-0.4, -0.2) is 38.2 Å². The topological polar surface area (TPSA) is 24.5 Å². The Morgan fingerprint density at radius 3 is 2.85 bits per heavy atom. The maximum Gasteiger partial charge on any atom is 0.165 e. The number of nitrogens with zero attached hydrogens (tertiary/aromatic N) is 1. The summed E-state index contributed by atoms with van der Waals surface area (Å²) in [6.45, 7) is 7.69. The van der Waals surface area contributed by atoms with Crippen molar-refractivity contribution in [2.24, 2.45) is 0 Å². The van der Waals surface area contributed by atoms with Crippen molar-refractivity contribution in [3.63, 3.8) is 0 Å². The highest BCUT2D eigenvalue weighted by Crippen LogP contribution is 2.34. The van der Waals surface area contributed by atoms with Gasteiger partial charge in [0.15, 0.2) is 11.6 Å². The number of hydrogen-bond donors (Lipinski definition) is 1. The monoisotopic (exact) mass is 278 g/mol. The van der Waals surface area contributed by atoms with Crippen LogP contribution in [0.5, 0.6) is 5.75 Å². The minimum absolute atomic E-state index is 0.181. The Labute approximate surface area is 120 Å². The Morgan fingerprint density at radius 1 is 1.45 bits per heavy atom. The van der Waals surface area contributed by atoms with Gasteiger partial charge in [-0.25, -0.2) is 4.39 Å². The van der Waals surface area contributed by atoms with Gasteiger partial charge in [0.05, 0.1) is 7.11 Å². The molecule has 20 heavy (non-hydrogen) atoms. The number of hydrogen-bond acceptors (Lipinski definition) is 3. The molecule has 1 heterocycles. The molecule has 1 aromatic carbocycles. The third kappa shape index (κ3) is 3.38. The smallest absolute Gasteiger partial charge is 0.165 e. The summed E-state index contributed by atoms with van der Waals surface area (Å²) in [4.78, 5) is 2.40. The first kappa shape index (κ1) is 15.0. The second kappa shape index (κ2) is 7.41. The van der Waals surface area contributed by atoms with E-state index in [4.69, 9.17) is 4.74 Å². The Balaban J connectivity index is 2.29. The predicted molar refractivity (Wildman–Crippen MR) is 79.6 cm³/mol. The number of halogens is 1. The van der Waals surface area contributed by atoms with Gasteiger partial charge in [-0.05, 0) is 18.9 Å². The highest BCUT2D eigenvalue weighted by molar-refractivity contribution is 5.37. The van der Waals surface area contributed by atoms with Crippen LogP contribution >= 0.6 is 0 Å². The molecule has 1 aromatic rings. The molecule has 0 amide bonds. The first-order chi connectivity index (χ1) is 9.77. The minimum Gasteiger partial charge on any atom is -0.493 e. The second-order valence-corrected chi connectivity index (χ2v) is 5.03. The van der Waals surface area contributed by atoms with E-state index in [2.05, 4.69) is 16.8 Å². The maximum atomic E-state index is 13.9. The van der Waals surface area contributed by atoms with Crippen LogP contribution in [0.25, 0.3) is 0 Å². The van der Waals surface area contributed by atoms with E-state index in [1.54, 1.807) is 6.07 Å². The Hall–Kier alpha value is -1.39. The lowest BCUT2D eigenvalue weighted by Crippen LogP contribution is -2.45. The van der Waals surface area contributed by atoms with Crippen LogP contribution in [0.15, 0.2) is 30.9 Å². The van der Waals surface area contributed by atoms with E-state index in [9.17, 15) is 4.39 Å². The molecule has 0 radical (unpaired) electrons. The van der Waals surface area contributed by atoms with Crippen LogP contribution in [0, 0.1) is 5.82 Å². The summed E-state index contributed by atoms with van der Waals surface area (Å²) in [7, 11) is 1.53. The molecule has 0 spiro atoms. The molecule has 4 heteroatoms. The fourth-order valence-corrected chi connectivity index (χ4v) is 2.81. The highest BCUT2D eigenvalue weighted by Gasteiger charge is 2.25. The minimum atomic E-state index is -0.288. The van der Waals surface area contributed by atoms with E-state index < -0.39 is 0 Å². The van der Waals surface area contributed by atoms with Crippen molar-refractivity contribution in [3.8, 4) is 5.75 Å². The molecule has 1 aliphatic rings. The van der Waals surface area contributed by atoms with E-state index in [1.807, 2.05) is 12.1 Å². The molecular weight excluding hydrogens is 255 g/mol. The molecule has 1 atom stereocenters. The van der Waals surface area contributed by atoms with Gasteiger partial charge in [0.2, 0.25) is 0 Å². The average Bonchev–Trinajstić information content (AvgIpc) is 2.49. The normalized spacial score (nSPS) is 17.7. The van der Waals surface area contributed by atoms with E-state index in [1.165, 1.54) is 13.2 Å². The van der Waals surface area contributed by atoms with Crippen molar-refractivity contribution in [3.05, 3.63) is 42.2 Å². The Morgan fingerprint density at radius 2 is 2.20 bits per heavy atom. The molecular formula is C16H23FN2O. The highest BCUT2D eigenvalue weighted by atomic mass is 19.1. The molecule has 0 aromatic heterocycles. The molecule has 0 saturated carbocycles. The number of piperazine rings is 1. The number of allylic oxidation sites excluding steroid dienone is 1. The molecule has 0 aliphatic carbocycles. The first-order valence-corrected chi connectivity index (χ1v) is 7.16. The van der Waals surface area contributed by atoms with Gasteiger partial charge in [-0.1, -0.05) is 18.2 Å². The lowest BCUT2D eigenvalue weighted by atomic mass is 9.98. The zero-order chi connectivity index (χ0) is 14.4. The third-order valence-electron chi connectivity index (χ3n) is 3.80. The van der Waals surface area contributed by atoms with Gasteiger partial charge in [-0.2, -0.15) is 0 Å². The number of para-hydroxylation sites is 1. The lowest BCUT2D eigenvalue weighted by molar-refractivity contribution is 0.162. The summed E-state index contributed by atoms with van der Waals surface area (Å²) < 4.78 is 19.2. The van der Waals surface area contributed by atoms with Crippen molar-refractivity contribution in [2.45, 2.75) is 18.9 Å². The van der Waals surface area contributed by atoms with Crippen molar-refractivity contribution in [1.29, 1.82) is 0 Å². The summed E-state index contributed by atoms with van der Waals surface area (Å²) in [5.41, 5.74) is 0.941. The molecule has 0 unspecified atom stereocenters. The molecule has 110 valence electrons.